The molecule has 1 aliphatic heterocycles. The molecule has 1 aromatic carbocycles. The molecule has 5 nitrogen and oxygen atoms in total. The molecule has 1 saturated heterocycles. The van der Waals surface area contributed by atoms with Gasteiger partial charge in [0, 0.05) is 22.9 Å². The summed E-state index contributed by atoms with van der Waals surface area (Å²) in [5.41, 5.74) is 0. The van der Waals surface area contributed by atoms with Crippen molar-refractivity contribution in [3.8, 4) is 0 Å². The molecule has 128 valence electrons. The van der Waals surface area contributed by atoms with Gasteiger partial charge in [0.1, 0.15) is 0 Å². The molecule has 0 aliphatic carbocycles. The molecule has 2 N–H and O–H groups in total. The van der Waals surface area contributed by atoms with Crippen LogP contribution in [0.3, 0.4) is 0 Å². The number of carbonyl (C=O) groups excluding carboxylic acids is 1. The van der Waals surface area contributed by atoms with E-state index in [0.717, 1.165) is 4.90 Å². The Morgan fingerprint density at radius 2 is 1.91 bits per heavy atom. The molecule has 1 amide bonds. The number of piperidine rings is 1. The first-order valence-corrected chi connectivity index (χ1v) is 10.5. The van der Waals surface area contributed by atoms with E-state index < -0.39 is 14.6 Å². The largest absolute Gasteiger partial charge is 0.354 e. The Hall–Kier alpha value is -1.05. The summed E-state index contributed by atoms with van der Waals surface area (Å²) in [5, 5.41) is 6.13. The minimum atomic E-state index is -3.45. The van der Waals surface area contributed by atoms with E-state index in [2.05, 4.69) is 10.6 Å². The fourth-order valence-corrected chi connectivity index (χ4v) is 5.07. The van der Waals surface area contributed by atoms with Crippen LogP contribution in [0.5, 0.6) is 0 Å². The summed E-state index contributed by atoms with van der Waals surface area (Å²) in [4.78, 5) is 13.7. The second-order valence-electron chi connectivity index (χ2n) is 5.97. The Bertz CT molecular complexity index is 626. The third-order valence-corrected chi connectivity index (χ3v) is 7.29. The van der Waals surface area contributed by atoms with Crippen LogP contribution < -0.4 is 10.6 Å². The molecule has 0 bridgehead atoms. The van der Waals surface area contributed by atoms with Crippen LogP contribution in [0.15, 0.2) is 35.2 Å². The number of thioether (sulfide) groups is 1. The Balaban J connectivity index is 1.97. The molecule has 1 heterocycles. The van der Waals surface area contributed by atoms with Gasteiger partial charge in [0.25, 0.3) is 0 Å². The second-order valence-corrected chi connectivity index (χ2v) is 9.81. The zero-order chi connectivity index (χ0) is 16.9. The molecule has 23 heavy (non-hydrogen) atoms. The van der Waals surface area contributed by atoms with Crippen molar-refractivity contribution in [2.24, 2.45) is 0 Å². The normalized spacial score (nSPS) is 19.0. The second kappa shape index (κ2) is 7.68. The molecule has 7 heteroatoms. The third kappa shape index (κ3) is 4.49. The van der Waals surface area contributed by atoms with Gasteiger partial charge in [0.15, 0.2) is 14.6 Å². The Labute approximate surface area is 142 Å². The molecular weight excluding hydrogens is 332 g/mol. The van der Waals surface area contributed by atoms with Crippen molar-refractivity contribution in [1.82, 2.24) is 10.6 Å². The zero-order valence-electron chi connectivity index (χ0n) is 13.5. The number of sulfone groups is 1. The van der Waals surface area contributed by atoms with Gasteiger partial charge in [0.05, 0.1) is 0 Å². The van der Waals surface area contributed by atoms with Crippen molar-refractivity contribution >= 4 is 27.5 Å². The smallest absolute Gasteiger partial charge is 0.241 e. The number of rotatable bonds is 6. The maximum absolute atomic E-state index is 12.6. The Morgan fingerprint density at radius 1 is 1.30 bits per heavy atom. The number of hydrogen-bond donors (Lipinski definition) is 2. The van der Waals surface area contributed by atoms with Gasteiger partial charge in [-0.15, -0.1) is 11.8 Å². The fourth-order valence-electron chi connectivity index (χ4n) is 2.77. The minimum absolute atomic E-state index is 0.166. The van der Waals surface area contributed by atoms with E-state index in [9.17, 15) is 13.2 Å². The Kier molecular flexibility index (Phi) is 6.11. The molecule has 0 saturated carbocycles. The average molecular weight is 357 g/mol. The van der Waals surface area contributed by atoms with Gasteiger partial charge in [-0.25, -0.2) is 8.42 Å². The monoisotopic (exact) mass is 356 g/mol. The quantitative estimate of drug-likeness (QED) is 0.755. The maximum Gasteiger partial charge on any atom is 0.241 e. The molecule has 0 aromatic heterocycles. The van der Waals surface area contributed by atoms with Crippen LogP contribution in [-0.4, -0.2) is 50.2 Å². The number of amides is 1. The maximum atomic E-state index is 12.6. The lowest BCUT2D eigenvalue weighted by Gasteiger charge is -2.34. The lowest BCUT2D eigenvalue weighted by atomic mass is 9.96. The molecule has 1 fully saturated rings. The predicted octanol–water partition coefficient (Wildman–Crippen LogP) is 1.45. The summed E-state index contributed by atoms with van der Waals surface area (Å²) in [6.07, 6.45) is 1.83. The molecule has 2 rings (SSSR count). The first-order chi connectivity index (χ1) is 10.8. The van der Waals surface area contributed by atoms with E-state index in [-0.39, 0.29) is 11.2 Å². The van der Waals surface area contributed by atoms with Gasteiger partial charge in [0.2, 0.25) is 5.91 Å². The lowest BCUT2D eigenvalue weighted by molar-refractivity contribution is -0.124. The van der Waals surface area contributed by atoms with Crippen molar-refractivity contribution in [3.63, 3.8) is 0 Å². The van der Waals surface area contributed by atoms with Gasteiger partial charge in [-0.1, -0.05) is 25.1 Å². The minimum Gasteiger partial charge on any atom is -0.354 e. The summed E-state index contributed by atoms with van der Waals surface area (Å²) in [5.74, 6) is -0.359. The standard InChI is InChI=1S/C16H24N2O3S2/c1-13(22-14-6-4-3-5-7-14)12-18-15(19)16(23(2,20)21)8-10-17-11-9-16/h3-7,13,17H,8-12H2,1-2H3,(H,18,19). The number of carbonyl (C=O) groups is 1. The molecule has 1 atom stereocenters. The number of hydrogen-bond acceptors (Lipinski definition) is 5. The van der Waals surface area contributed by atoms with Crippen LogP contribution in [0.25, 0.3) is 0 Å². The zero-order valence-corrected chi connectivity index (χ0v) is 15.2. The first kappa shape index (κ1) is 18.3. The van der Waals surface area contributed by atoms with Gasteiger partial charge >= 0.3 is 0 Å². The van der Waals surface area contributed by atoms with Gasteiger partial charge in [-0.2, -0.15) is 0 Å². The third-order valence-electron chi connectivity index (χ3n) is 4.17. The molecule has 1 aromatic rings. The van der Waals surface area contributed by atoms with Crippen LogP contribution in [0.2, 0.25) is 0 Å². The van der Waals surface area contributed by atoms with Gasteiger partial charge in [-0.3, -0.25) is 4.79 Å². The van der Waals surface area contributed by atoms with Crippen molar-refractivity contribution in [2.75, 3.05) is 25.9 Å². The van der Waals surface area contributed by atoms with Crippen LogP contribution in [0, 0.1) is 0 Å². The van der Waals surface area contributed by atoms with Gasteiger partial charge < -0.3 is 10.6 Å². The highest BCUT2D eigenvalue weighted by Crippen LogP contribution is 2.28. The molecule has 0 radical (unpaired) electrons. The van der Waals surface area contributed by atoms with Crippen LogP contribution in [0.1, 0.15) is 19.8 Å². The van der Waals surface area contributed by atoms with E-state index in [0.29, 0.717) is 32.5 Å². The summed E-state index contributed by atoms with van der Waals surface area (Å²) in [7, 11) is -3.45. The van der Waals surface area contributed by atoms with Crippen molar-refractivity contribution < 1.29 is 13.2 Å². The highest BCUT2D eigenvalue weighted by Gasteiger charge is 2.48. The van der Waals surface area contributed by atoms with E-state index in [1.807, 2.05) is 37.3 Å². The molecular formula is C16H24N2O3S2. The SMILES string of the molecule is CC(CNC(=O)C1(S(C)(=O)=O)CCNCC1)Sc1ccccc1. The summed E-state index contributed by atoms with van der Waals surface area (Å²) >= 11 is 1.66. The summed E-state index contributed by atoms with van der Waals surface area (Å²) in [6, 6.07) is 9.95. The molecule has 0 spiro atoms. The van der Waals surface area contributed by atoms with E-state index in [4.69, 9.17) is 0 Å². The average Bonchev–Trinajstić information content (AvgIpc) is 2.53. The Morgan fingerprint density at radius 3 is 2.48 bits per heavy atom. The van der Waals surface area contributed by atoms with Crippen LogP contribution in [0.4, 0.5) is 0 Å². The molecule has 1 aliphatic rings. The van der Waals surface area contributed by atoms with E-state index >= 15 is 0 Å². The van der Waals surface area contributed by atoms with E-state index in [1.165, 1.54) is 6.26 Å². The lowest BCUT2D eigenvalue weighted by Crippen LogP contribution is -2.57. The van der Waals surface area contributed by atoms with Crippen LogP contribution >= 0.6 is 11.8 Å². The van der Waals surface area contributed by atoms with Gasteiger partial charge in [-0.05, 0) is 38.1 Å². The van der Waals surface area contributed by atoms with Crippen molar-refractivity contribution in [2.45, 2.75) is 34.7 Å². The van der Waals surface area contributed by atoms with Crippen molar-refractivity contribution in [3.05, 3.63) is 30.3 Å². The van der Waals surface area contributed by atoms with Crippen molar-refractivity contribution in [1.29, 1.82) is 0 Å². The van der Waals surface area contributed by atoms with Crippen LogP contribution in [-0.2, 0) is 14.6 Å². The van der Waals surface area contributed by atoms with E-state index in [1.54, 1.807) is 11.8 Å². The number of benzene rings is 1. The topological polar surface area (TPSA) is 75.3 Å². The summed E-state index contributed by atoms with van der Waals surface area (Å²) < 4.78 is 23.1. The number of nitrogens with one attached hydrogen (secondary N) is 2. The first-order valence-electron chi connectivity index (χ1n) is 7.75. The highest BCUT2D eigenvalue weighted by molar-refractivity contribution is 8.00. The summed E-state index contributed by atoms with van der Waals surface area (Å²) in [6.45, 7) is 3.57. The fraction of sp³-hybridized carbons (Fsp3) is 0.562. The highest BCUT2D eigenvalue weighted by atomic mass is 32.2. The molecule has 1 unspecified atom stereocenters. The predicted molar refractivity (Wildman–Crippen MR) is 94.4 cm³/mol.